The van der Waals surface area contributed by atoms with E-state index >= 15 is 0 Å². The van der Waals surface area contributed by atoms with Gasteiger partial charge >= 0.3 is 0 Å². The molecule has 0 atom stereocenters. The summed E-state index contributed by atoms with van der Waals surface area (Å²) in [6, 6.07) is 8.98. The lowest BCUT2D eigenvalue weighted by Crippen LogP contribution is -2.35. The number of hydrogen-bond acceptors (Lipinski definition) is 2. The molecule has 2 aromatic rings. The Bertz CT molecular complexity index is 556. The molecule has 0 amide bonds. The molecule has 0 saturated heterocycles. The van der Waals surface area contributed by atoms with Gasteiger partial charge in [-0.1, -0.05) is 18.2 Å². The highest BCUT2D eigenvalue weighted by Gasteiger charge is 2.21. The highest BCUT2D eigenvalue weighted by atomic mass is 19.3. The Morgan fingerprint density at radius 2 is 1.85 bits per heavy atom. The fourth-order valence-electron chi connectivity index (χ4n) is 1.90. The Morgan fingerprint density at radius 3 is 2.40 bits per heavy atom. The third-order valence-electron chi connectivity index (χ3n) is 2.90. The minimum absolute atomic E-state index is 0.0482. The van der Waals surface area contributed by atoms with Gasteiger partial charge in [0.25, 0.3) is 6.43 Å². The lowest BCUT2D eigenvalue weighted by Gasteiger charge is -2.20. The topological polar surface area (TPSA) is 29.9 Å². The number of benzene rings is 1. The predicted molar refractivity (Wildman–Crippen MR) is 75.1 cm³/mol. The second kappa shape index (κ2) is 5.71. The van der Waals surface area contributed by atoms with E-state index in [2.05, 4.69) is 10.4 Å². The van der Waals surface area contributed by atoms with E-state index in [-0.39, 0.29) is 11.2 Å². The molecule has 0 saturated carbocycles. The number of para-hydroxylation sites is 1. The normalized spacial score (nSPS) is 12.1. The zero-order valence-electron chi connectivity index (χ0n) is 11.9. The molecule has 0 unspecified atom stereocenters. The summed E-state index contributed by atoms with van der Waals surface area (Å²) in [6.45, 7) is 6.36. The molecular formula is C15H19F2N3. The summed E-state index contributed by atoms with van der Waals surface area (Å²) in [7, 11) is 0. The van der Waals surface area contributed by atoms with Crippen molar-refractivity contribution in [2.75, 3.05) is 0 Å². The molecule has 0 fully saturated rings. The van der Waals surface area contributed by atoms with Crippen molar-refractivity contribution >= 4 is 0 Å². The smallest absolute Gasteiger partial charge is 0.280 e. The van der Waals surface area contributed by atoms with Crippen LogP contribution in [0.1, 0.15) is 38.5 Å². The van der Waals surface area contributed by atoms with Gasteiger partial charge in [-0.15, -0.1) is 0 Å². The fraction of sp³-hybridized carbons (Fsp3) is 0.400. The number of nitrogens with zero attached hydrogens (tertiary/aromatic N) is 2. The molecule has 1 N–H and O–H groups in total. The molecule has 20 heavy (non-hydrogen) atoms. The van der Waals surface area contributed by atoms with Crippen molar-refractivity contribution in [2.45, 2.75) is 39.3 Å². The van der Waals surface area contributed by atoms with Crippen LogP contribution in [-0.4, -0.2) is 15.3 Å². The lowest BCUT2D eigenvalue weighted by molar-refractivity contribution is 0.141. The van der Waals surface area contributed by atoms with Crippen LogP contribution in [0, 0.1) is 0 Å². The fourth-order valence-corrected chi connectivity index (χ4v) is 1.90. The first kappa shape index (κ1) is 14.7. The molecular weight excluding hydrogens is 260 g/mol. The minimum atomic E-state index is -2.56. The molecule has 0 radical (unpaired) electrons. The third-order valence-corrected chi connectivity index (χ3v) is 2.90. The number of halogens is 2. The number of alkyl halides is 2. The molecule has 1 aromatic heterocycles. The van der Waals surface area contributed by atoms with Crippen LogP contribution in [0.5, 0.6) is 0 Å². The van der Waals surface area contributed by atoms with Crippen molar-refractivity contribution in [1.29, 1.82) is 0 Å². The van der Waals surface area contributed by atoms with Gasteiger partial charge in [0.2, 0.25) is 0 Å². The number of nitrogens with one attached hydrogen (secondary N) is 1. The summed E-state index contributed by atoms with van der Waals surface area (Å²) in [5, 5.41) is 7.32. The van der Waals surface area contributed by atoms with Gasteiger partial charge in [-0.3, -0.25) is 0 Å². The lowest BCUT2D eigenvalue weighted by atomic mass is 10.1. The van der Waals surface area contributed by atoms with E-state index in [0.29, 0.717) is 17.8 Å². The average molecular weight is 279 g/mol. The van der Waals surface area contributed by atoms with Crippen LogP contribution in [-0.2, 0) is 6.54 Å². The minimum Gasteiger partial charge on any atom is -0.308 e. The quantitative estimate of drug-likeness (QED) is 0.925. The van der Waals surface area contributed by atoms with Gasteiger partial charge in [-0.2, -0.15) is 5.10 Å². The van der Waals surface area contributed by atoms with Gasteiger partial charge in [-0.05, 0) is 32.9 Å². The van der Waals surface area contributed by atoms with Crippen LogP contribution in [0.3, 0.4) is 0 Å². The van der Waals surface area contributed by atoms with E-state index < -0.39 is 6.43 Å². The van der Waals surface area contributed by atoms with Crippen LogP contribution >= 0.6 is 0 Å². The van der Waals surface area contributed by atoms with Gasteiger partial charge < -0.3 is 5.32 Å². The van der Waals surface area contributed by atoms with Crippen molar-refractivity contribution < 1.29 is 8.78 Å². The summed E-state index contributed by atoms with van der Waals surface area (Å²) in [5.74, 6) is 0. The van der Waals surface area contributed by atoms with Crippen molar-refractivity contribution in [3.8, 4) is 5.69 Å². The zero-order valence-corrected chi connectivity index (χ0v) is 11.9. The van der Waals surface area contributed by atoms with Crippen molar-refractivity contribution in [3.05, 3.63) is 47.8 Å². The number of aromatic nitrogens is 2. The summed E-state index contributed by atoms with van der Waals surface area (Å²) in [6.07, 6.45) is -1.05. The highest BCUT2D eigenvalue weighted by molar-refractivity contribution is 5.35. The van der Waals surface area contributed by atoms with E-state index in [9.17, 15) is 8.78 Å². The first-order valence-electron chi connectivity index (χ1n) is 6.54. The maximum atomic E-state index is 13.3. The molecule has 3 nitrogen and oxygen atoms in total. The summed E-state index contributed by atoms with van der Waals surface area (Å²) >= 11 is 0. The Kier molecular flexibility index (Phi) is 4.18. The first-order valence-corrected chi connectivity index (χ1v) is 6.54. The molecule has 108 valence electrons. The Hall–Kier alpha value is -1.75. The molecule has 0 bridgehead atoms. The van der Waals surface area contributed by atoms with E-state index in [1.54, 1.807) is 24.3 Å². The molecule has 0 spiro atoms. The average Bonchev–Trinajstić information content (AvgIpc) is 2.80. The molecule has 0 aliphatic carbocycles. The second-order valence-electron chi connectivity index (χ2n) is 5.71. The van der Waals surface area contributed by atoms with Crippen LogP contribution in [0.4, 0.5) is 8.78 Å². The van der Waals surface area contributed by atoms with Crippen LogP contribution in [0.2, 0.25) is 0 Å². The second-order valence-corrected chi connectivity index (χ2v) is 5.71. The van der Waals surface area contributed by atoms with Gasteiger partial charge in [0, 0.05) is 17.6 Å². The maximum Gasteiger partial charge on any atom is 0.280 e. The Labute approximate surface area is 117 Å². The van der Waals surface area contributed by atoms with E-state index in [1.165, 1.54) is 10.9 Å². The SMILES string of the molecule is CC(C)(C)NCc1cnn(-c2ccccc2)c1C(F)F. The van der Waals surface area contributed by atoms with Crippen molar-refractivity contribution in [2.24, 2.45) is 0 Å². The third kappa shape index (κ3) is 3.42. The highest BCUT2D eigenvalue weighted by Crippen LogP contribution is 2.26. The molecule has 5 heteroatoms. The summed E-state index contributed by atoms with van der Waals surface area (Å²) in [5.41, 5.74) is 0.991. The first-order chi connectivity index (χ1) is 9.38. The molecule has 0 aliphatic rings. The Morgan fingerprint density at radius 1 is 1.20 bits per heavy atom. The van der Waals surface area contributed by atoms with Crippen LogP contribution < -0.4 is 5.32 Å². The van der Waals surface area contributed by atoms with Gasteiger partial charge in [0.05, 0.1) is 11.9 Å². The molecule has 0 aliphatic heterocycles. The van der Waals surface area contributed by atoms with Gasteiger partial charge in [-0.25, -0.2) is 13.5 Å². The zero-order chi connectivity index (χ0) is 14.8. The van der Waals surface area contributed by atoms with Crippen molar-refractivity contribution in [3.63, 3.8) is 0 Å². The van der Waals surface area contributed by atoms with E-state index in [4.69, 9.17) is 0 Å². The van der Waals surface area contributed by atoms with E-state index in [1.807, 2.05) is 26.8 Å². The van der Waals surface area contributed by atoms with Crippen LogP contribution in [0.15, 0.2) is 36.5 Å². The predicted octanol–water partition coefficient (Wildman–Crippen LogP) is 3.70. The Balaban J connectivity index is 2.34. The molecule has 1 aromatic carbocycles. The molecule has 1 heterocycles. The molecule has 2 rings (SSSR count). The van der Waals surface area contributed by atoms with Crippen molar-refractivity contribution in [1.82, 2.24) is 15.1 Å². The van der Waals surface area contributed by atoms with Crippen LogP contribution in [0.25, 0.3) is 5.69 Å². The largest absolute Gasteiger partial charge is 0.308 e. The van der Waals surface area contributed by atoms with Gasteiger partial charge in [0.1, 0.15) is 5.69 Å². The summed E-state index contributed by atoms with van der Waals surface area (Å²) in [4.78, 5) is 0. The maximum absolute atomic E-state index is 13.3. The monoisotopic (exact) mass is 279 g/mol. The number of rotatable bonds is 4. The van der Waals surface area contributed by atoms with E-state index in [0.717, 1.165) is 0 Å². The number of hydrogen-bond donors (Lipinski definition) is 1. The standard InChI is InChI=1S/C15H19F2N3/c1-15(2,3)18-9-11-10-19-20(13(11)14(16)17)12-7-5-4-6-8-12/h4-8,10,14,18H,9H2,1-3H3. The van der Waals surface area contributed by atoms with Gasteiger partial charge in [0.15, 0.2) is 0 Å². The summed E-state index contributed by atoms with van der Waals surface area (Å²) < 4.78 is 28.0.